The zero-order valence-corrected chi connectivity index (χ0v) is 30.9. The molecule has 0 saturated carbocycles. The highest BCUT2D eigenvalue weighted by atomic mass is 16.5. The molecule has 3 heterocycles. The first-order valence-corrected chi connectivity index (χ1v) is 18.1. The predicted octanol–water partition coefficient (Wildman–Crippen LogP) is 10.7. The first kappa shape index (κ1) is 34.6. The van der Waals surface area contributed by atoms with E-state index in [4.69, 9.17) is 9.47 Å². The number of hydrogen-bond donors (Lipinski definition) is 4. The molecule has 0 radical (unpaired) electrons. The van der Waals surface area contributed by atoms with Crippen LogP contribution in [0, 0.1) is 0 Å². The average molecular weight is 741 g/mol. The molecule has 8 bridgehead atoms. The maximum atomic E-state index is 11.6. The number of benzene rings is 6. The Labute approximate surface area is 322 Å². The van der Waals surface area contributed by atoms with E-state index in [1.165, 1.54) is 24.9 Å². The summed E-state index contributed by atoms with van der Waals surface area (Å²) in [6.45, 7) is 8.03. The first-order valence-electron chi connectivity index (χ1n) is 18.1. The van der Waals surface area contributed by atoms with Gasteiger partial charge in [0.25, 0.3) is 0 Å². The lowest BCUT2D eigenvalue weighted by molar-refractivity contribution is 0.352. The highest BCUT2D eigenvalue weighted by molar-refractivity contribution is 5.94. The number of aliphatic imine (C=N–C) groups is 4. The average Bonchev–Trinajstić information content (AvgIpc) is 3.18. The van der Waals surface area contributed by atoms with E-state index in [0.717, 1.165) is 22.3 Å². The Balaban J connectivity index is 1.23. The highest BCUT2D eigenvalue weighted by Gasteiger charge is 2.39. The molecule has 0 saturated heterocycles. The quantitative estimate of drug-likeness (QED) is 0.122. The summed E-state index contributed by atoms with van der Waals surface area (Å²) in [4.78, 5) is 18.7. The molecule has 3 aliphatic heterocycles. The van der Waals surface area contributed by atoms with Crippen molar-refractivity contribution in [3.8, 4) is 46.0 Å². The van der Waals surface area contributed by atoms with Gasteiger partial charge in [-0.1, -0.05) is 76.2 Å². The van der Waals surface area contributed by atoms with E-state index in [9.17, 15) is 20.4 Å². The molecule has 0 aromatic heterocycles. The van der Waals surface area contributed by atoms with Crippen LogP contribution in [0.3, 0.4) is 0 Å². The SMILES string of the molecule is CC1(C)c2ccc3c(O)c2Oc2c1ccc(c2O)C=Nc1ccccc1N=Cc1ccc2c(c1O)Oc1c(ccc(c1O)C=Nc1ccccc1N=C3)C2(C)C. The second kappa shape index (κ2) is 12.7. The van der Waals surface area contributed by atoms with Crippen LogP contribution in [0.2, 0.25) is 0 Å². The molecule has 0 atom stereocenters. The largest absolute Gasteiger partial charge is 0.504 e. The van der Waals surface area contributed by atoms with Crippen LogP contribution in [0.5, 0.6) is 46.0 Å². The topological polar surface area (TPSA) is 149 Å². The summed E-state index contributed by atoms with van der Waals surface area (Å²) in [5.41, 5.74) is 5.36. The number of nitrogens with zero attached hydrogens (tertiary/aromatic N) is 4. The van der Waals surface area contributed by atoms with Crippen LogP contribution in [0.25, 0.3) is 0 Å². The number of fused-ring (bicyclic) bond motifs is 6. The van der Waals surface area contributed by atoms with Crippen molar-refractivity contribution in [1.29, 1.82) is 0 Å². The molecule has 6 aromatic carbocycles. The maximum Gasteiger partial charge on any atom is 0.174 e. The van der Waals surface area contributed by atoms with Gasteiger partial charge in [-0.05, 0) is 48.5 Å². The predicted molar refractivity (Wildman–Crippen MR) is 219 cm³/mol. The zero-order valence-electron chi connectivity index (χ0n) is 30.9. The van der Waals surface area contributed by atoms with Crippen molar-refractivity contribution in [2.45, 2.75) is 38.5 Å². The van der Waals surface area contributed by atoms with Crippen molar-refractivity contribution >= 4 is 47.6 Å². The van der Waals surface area contributed by atoms with Gasteiger partial charge < -0.3 is 29.9 Å². The lowest BCUT2D eigenvalue weighted by Gasteiger charge is -2.35. The summed E-state index contributed by atoms with van der Waals surface area (Å²) < 4.78 is 12.6. The summed E-state index contributed by atoms with van der Waals surface area (Å²) >= 11 is 0. The Bertz CT molecular complexity index is 2390. The lowest BCUT2D eigenvalue weighted by Crippen LogP contribution is -2.24. The van der Waals surface area contributed by atoms with Crippen LogP contribution >= 0.6 is 0 Å². The number of aromatic hydroxyl groups is 4. The van der Waals surface area contributed by atoms with Gasteiger partial charge in [0.05, 0.1) is 22.7 Å². The fourth-order valence-electron chi connectivity index (χ4n) is 7.56. The zero-order chi connectivity index (χ0) is 38.9. The minimum absolute atomic E-state index is 0.126. The molecule has 10 nitrogen and oxygen atoms in total. The van der Waals surface area contributed by atoms with E-state index >= 15 is 0 Å². The Morgan fingerprint density at radius 2 is 0.589 bits per heavy atom. The maximum absolute atomic E-state index is 11.6. The highest BCUT2D eigenvalue weighted by Crippen LogP contribution is 2.56. The van der Waals surface area contributed by atoms with Gasteiger partial charge in [0.15, 0.2) is 46.0 Å². The van der Waals surface area contributed by atoms with E-state index in [0.29, 0.717) is 45.0 Å². The van der Waals surface area contributed by atoms with Crippen LogP contribution in [0.1, 0.15) is 72.2 Å². The molecule has 3 aliphatic rings. The van der Waals surface area contributed by atoms with Crippen LogP contribution in [-0.4, -0.2) is 45.3 Å². The number of phenols is 4. The molecule has 0 fully saturated rings. The summed E-state index contributed by atoms with van der Waals surface area (Å²) in [5, 5.41) is 46.4. The number of ether oxygens (including phenoxy) is 2. The first-order chi connectivity index (χ1) is 26.9. The van der Waals surface area contributed by atoms with E-state index < -0.39 is 10.8 Å². The summed E-state index contributed by atoms with van der Waals surface area (Å²) in [5.74, 6) is 0.369. The van der Waals surface area contributed by atoms with Crippen molar-refractivity contribution in [1.82, 2.24) is 0 Å². The Kier molecular flexibility index (Phi) is 7.84. The normalized spacial score (nSPS) is 15.4. The van der Waals surface area contributed by atoms with Gasteiger partial charge in [-0.25, -0.2) is 0 Å². The van der Waals surface area contributed by atoms with E-state index in [1.54, 1.807) is 48.5 Å². The molecular formula is C46H36N4O6. The number of rotatable bonds is 0. The third-order valence-corrected chi connectivity index (χ3v) is 10.9. The molecule has 6 aromatic rings. The molecule has 56 heavy (non-hydrogen) atoms. The number of para-hydroxylation sites is 4. The number of hydrogen-bond acceptors (Lipinski definition) is 10. The molecular weight excluding hydrogens is 705 g/mol. The fourth-order valence-corrected chi connectivity index (χ4v) is 7.56. The van der Waals surface area contributed by atoms with Gasteiger partial charge in [-0.2, -0.15) is 0 Å². The van der Waals surface area contributed by atoms with Crippen molar-refractivity contribution in [3.05, 3.63) is 142 Å². The van der Waals surface area contributed by atoms with Crippen molar-refractivity contribution < 1.29 is 29.9 Å². The van der Waals surface area contributed by atoms with Gasteiger partial charge >= 0.3 is 0 Å². The van der Waals surface area contributed by atoms with Crippen molar-refractivity contribution in [2.24, 2.45) is 20.0 Å². The Morgan fingerprint density at radius 3 is 0.821 bits per heavy atom. The van der Waals surface area contributed by atoms with Gasteiger partial charge in [0.1, 0.15) is 0 Å². The van der Waals surface area contributed by atoms with Crippen molar-refractivity contribution in [3.63, 3.8) is 0 Å². The molecule has 9 rings (SSSR count). The van der Waals surface area contributed by atoms with Gasteiger partial charge in [0, 0.05) is 80.2 Å². The fraction of sp³-hybridized carbons (Fsp3) is 0.130. The van der Waals surface area contributed by atoms with Gasteiger partial charge in [-0.3, -0.25) is 20.0 Å². The van der Waals surface area contributed by atoms with Crippen molar-refractivity contribution in [2.75, 3.05) is 0 Å². The monoisotopic (exact) mass is 740 g/mol. The van der Waals surface area contributed by atoms with Gasteiger partial charge in [-0.15, -0.1) is 0 Å². The second-order valence-electron chi connectivity index (χ2n) is 15.0. The number of phenolic OH excluding ortho intramolecular Hbond substituents is 4. The molecule has 0 amide bonds. The van der Waals surface area contributed by atoms with Crippen LogP contribution < -0.4 is 9.47 Å². The molecule has 276 valence electrons. The smallest absolute Gasteiger partial charge is 0.174 e. The van der Waals surface area contributed by atoms with E-state index in [-0.39, 0.29) is 46.0 Å². The minimum atomic E-state index is -0.636. The standard InChI is InChI=1S/C46H36N4O6/c1-45(2)29-17-13-25-21-47-33-9-5-7-11-35(33)49-23-27-15-19-31-43(39(27)53)56-44-32(46(31,3)4)20-16-28(40(44)54)24-50-36-12-8-6-10-34(36)48-22-26-14-18-30(45)42(38(26)52)55-41(29)37(25)51/h5-24,51-54H,1-4H3. The summed E-state index contributed by atoms with van der Waals surface area (Å²) in [6, 6.07) is 29.2. The lowest BCUT2D eigenvalue weighted by atomic mass is 9.75. The Morgan fingerprint density at radius 1 is 0.357 bits per heavy atom. The second-order valence-corrected chi connectivity index (χ2v) is 15.0. The Hall–Kier alpha value is -7.20. The molecule has 4 N–H and O–H groups in total. The molecule has 0 spiro atoms. The van der Waals surface area contributed by atoms with Gasteiger partial charge in [0.2, 0.25) is 0 Å². The third kappa shape index (κ3) is 5.40. The van der Waals surface area contributed by atoms with Crippen LogP contribution in [0.15, 0.2) is 117 Å². The molecule has 0 aliphatic carbocycles. The minimum Gasteiger partial charge on any atom is -0.504 e. The summed E-state index contributed by atoms with van der Waals surface area (Å²) in [7, 11) is 0. The summed E-state index contributed by atoms with van der Waals surface area (Å²) in [6.07, 6.45) is 6.14. The van der Waals surface area contributed by atoms with E-state index in [1.807, 2.05) is 76.2 Å². The molecule has 10 heteroatoms. The third-order valence-electron chi connectivity index (χ3n) is 10.9. The van der Waals surface area contributed by atoms with Crippen LogP contribution in [0.4, 0.5) is 22.7 Å². The van der Waals surface area contributed by atoms with Crippen LogP contribution in [-0.2, 0) is 10.8 Å². The van der Waals surface area contributed by atoms with E-state index in [2.05, 4.69) is 20.0 Å². The molecule has 0 unspecified atom stereocenters.